The number of nitrogens with zero attached hydrogens (tertiary/aromatic N) is 1. The van der Waals surface area contributed by atoms with Crippen molar-refractivity contribution in [2.24, 2.45) is 0 Å². The van der Waals surface area contributed by atoms with Gasteiger partial charge in [0.2, 0.25) is 5.91 Å². The van der Waals surface area contributed by atoms with Crippen LogP contribution in [0.15, 0.2) is 28.7 Å². The van der Waals surface area contributed by atoms with E-state index in [-0.39, 0.29) is 16.3 Å². The molecule has 0 aromatic heterocycles. The Balaban J connectivity index is 1.84. The highest BCUT2D eigenvalue weighted by atomic mass is 79.9. The molecule has 0 bridgehead atoms. The van der Waals surface area contributed by atoms with Gasteiger partial charge in [-0.3, -0.25) is 9.59 Å². The van der Waals surface area contributed by atoms with Gasteiger partial charge in [0.05, 0.1) is 0 Å². The predicted octanol–water partition coefficient (Wildman–Crippen LogP) is 2.87. The van der Waals surface area contributed by atoms with E-state index in [1.807, 2.05) is 17.0 Å². The van der Waals surface area contributed by atoms with Crippen LogP contribution >= 0.6 is 27.7 Å². The lowest BCUT2D eigenvalue weighted by atomic mass is 10.1. The lowest BCUT2D eigenvalue weighted by molar-refractivity contribution is -0.127. The van der Waals surface area contributed by atoms with Crippen molar-refractivity contribution >= 4 is 38.7 Å². The van der Waals surface area contributed by atoms with E-state index in [1.54, 1.807) is 6.92 Å². The molecule has 1 heterocycles. The minimum absolute atomic E-state index is 0.0903. The van der Waals surface area contributed by atoms with Gasteiger partial charge in [0.25, 0.3) is 0 Å². The molecule has 102 valence electrons. The normalized spacial score (nSPS) is 18.9. The Kier molecular flexibility index (Phi) is 5.05. The SMILES string of the molecule is CC(=O)SC1CC(=O)N(CCc2ccc(Br)cc2)C1. The summed E-state index contributed by atoms with van der Waals surface area (Å²) >= 11 is 4.69. The lowest BCUT2D eigenvalue weighted by Crippen LogP contribution is -2.27. The molecule has 3 nitrogen and oxygen atoms in total. The van der Waals surface area contributed by atoms with Crippen LogP contribution in [0.2, 0.25) is 0 Å². The maximum atomic E-state index is 11.8. The van der Waals surface area contributed by atoms with Gasteiger partial charge in [-0.15, -0.1) is 0 Å². The average Bonchev–Trinajstić information content (AvgIpc) is 2.68. The third kappa shape index (κ3) is 4.35. The van der Waals surface area contributed by atoms with Gasteiger partial charge in [0.1, 0.15) is 0 Å². The molecule has 1 aliphatic rings. The standard InChI is InChI=1S/C14H16BrNO2S/c1-10(17)19-13-8-14(18)16(9-13)7-6-11-2-4-12(15)5-3-11/h2-5,13H,6-9H2,1H3. The molecule has 1 amide bonds. The highest BCUT2D eigenvalue weighted by Gasteiger charge is 2.30. The quantitative estimate of drug-likeness (QED) is 0.844. The van der Waals surface area contributed by atoms with Crippen molar-refractivity contribution in [3.8, 4) is 0 Å². The number of thioether (sulfide) groups is 1. The fraction of sp³-hybridized carbons (Fsp3) is 0.429. The number of carbonyl (C=O) groups excluding carboxylic acids is 2. The molecule has 19 heavy (non-hydrogen) atoms. The van der Waals surface area contributed by atoms with Crippen LogP contribution in [-0.4, -0.2) is 34.3 Å². The molecule has 5 heteroatoms. The zero-order valence-corrected chi connectivity index (χ0v) is 13.2. The fourth-order valence-corrected chi connectivity index (χ4v) is 3.39. The summed E-state index contributed by atoms with van der Waals surface area (Å²) in [5.41, 5.74) is 1.22. The van der Waals surface area contributed by atoms with Crippen LogP contribution in [0.4, 0.5) is 0 Å². The zero-order chi connectivity index (χ0) is 13.8. The smallest absolute Gasteiger partial charge is 0.223 e. The topological polar surface area (TPSA) is 37.4 Å². The molecule has 0 saturated carbocycles. The van der Waals surface area contributed by atoms with E-state index in [9.17, 15) is 9.59 Å². The molecular formula is C14H16BrNO2S. The van der Waals surface area contributed by atoms with Crippen LogP contribution in [0.25, 0.3) is 0 Å². The summed E-state index contributed by atoms with van der Waals surface area (Å²) in [7, 11) is 0. The molecule has 0 radical (unpaired) electrons. The molecule has 0 aliphatic carbocycles. The number of likely N-dealkylation sites (tertiary alicyclic amines) is 1. The zero-order valence-electron chi connectivity index (χ0n) is 10.8. The summed E-state index contributed by atoms with van der Waals surface area (Å²) in [6.45, 7) is 2.98. The second-order valence-corrected chi connectivity index (χ2v) is 7.04. The van der Waals surface area contributed by atoms with E-state index in [0.29, 0.717) is 13.0 Å². The minimum Gasteiger partial charge on any atom is -0.341 e. The van der Waals surface area contributed by atoms with E-state index in [0.717, 1.165) is 17.4 Å². The third-order valence-corrected chi connectivity index (χ3v) is 4.60. The molecule has 1 aromatic rings. The largest absolute Gasteiger partial charge is 0.341 e. The van der Waals surface area contributed by atoms with Gasteiger partial charge in [-0.2, -0.15) is 0 Å². The number of hydrogen-bond donors (Lipinski definition) is 0. The molecule has 1 aliphatic heterocycles. The second kappa shape index (κ2) is 6.57. The molecule has 1 saturated heterocycles. The van der Waals surface area contributed by atoms with Crippen LogP contribution < -0.4 is 0 Å². The Bertz CT molecular complexity index is 475. The summed E-state index contributed by atoms with van der Waals surface area (Å²) in [4.78, 5) is 24.8. The summed E-state index contributed by atoms with van der Waals surface area (Å²) in [6.07, 6.45) is 1.35. The van der Waals surface area contributed by atoms with E-state index >= 15 is 0 Å². The number of benzene rings is 1. The van der Waals surface area contributed by atoms with E-state index in [1.165, 1.54) is 17.3 Å². The molecular weight excluding hydrogens is 326 g/mol. The average molecular weight is 342 g/mol. The summed E-state index contributed by atoms with van der Waals surface area (Å²) in [5, 5.41) is 0.225. The third-order valence-electron chi connectivity index (χ3n) is 3.10. The Hall–Kier alpha value is -0.810. The molecule has 1 atom stereocenters. The highest BCUT2D eigenvalue weighted by molar-refractivity contribution is 9.10. The number of amides is 1. The van der Waals surface area contributed by atoms with Crippen molar-refractivity contribution in [2.45, 2.75) is 25.0 Å². The summed E-state index contributed by atoms with van der Waals surface area (Å²) < 4.78 is 1.06. The molecule has 1 unspecified atom stereocenters. The van der Waals surface area contributed by atoms with Gasteiger partial charge in [0, 0.05) is 36.2 Å². The van der Waals surface area contributed by atoms with Crippen molar-refractivity contribution in [3.63, 3.8) is 0 Å². The summed E-state index contributed by atoms with van der Waals surface area (Å²) in [5.74, 6) is 0.163. The Labute approximate surface area is 125 Å². The maximum absolute atomic E-state index is 11.8. The van der Waals surface area contributed by atoms with Crippen molar-refractivity contribution < 1.29 is 9.59 Å². The van der Waals surface area contributed by atoms with Gasteiger partial charge in [-0.25, -0.2) is 0 Å². The predicted molar refractivity (Wildman–Crippen MR) is 81.1 cm³/mol. The van der Waals surface area contributed by atoms with Crippen molar-refractivity contribution in [1.82, 2.24) is 4.90 Å². The van der Waals surface area contributed by atoms with Gasteiger partial charge in [-0.1, -0.05) is 39.8 Å². The Morgan fingerprint density at radius 2 is 2.11 bits per heavy atom. The van der Waals surface area contributed by atoms with Crippen molar-refractivity contribution in [2.75, 3.05) is 13.1 Å². The number of carbonyl (C=O) groups is 2. The van der Waals surface area contributed by atoms with Crippen LogP contribution in [0.5, 0.6) is 0 Å². The lowest BCUT2D eigenvalue weighted by Gasteiger charge is -2.16. The van der Waals surface area contributed by atoms with E-state index < -0.39 is 0 Å². The number of rotatable bonds is 4. The minimum atomic E-state index is 0.0903. The molecule has 2 rings (SSSR count). The van der Waals surface area contributed by atoms with Crippen molar-refractivity contribution in [3.05, 3.63) is 34.3 Å². The first-order valence-electron chi connectivity index (χ1n) is 6.24. The van der Waals surface area contributed by atoms with E-state index in [4.69, 9.17) is 0 Å². The molecule has 1 aromatic carbocycles. The molecule has 0 N–H and O–H groups in total. The van der Waals surface area contributed by atoms with E-state index in [2.05, 4.69) is 28.1 Å². The highest BCUT2D eigenvalue weighted by Crippen LogP contribution is 2.24. The van der Waals surface area contributed by atoms with Gasteiger partial charge < -0.3 is 4.90 Å². The van der Waals surface area contributed by atoms with Gasteiger partial charge in [0.15, 0.2) is 5.12 Å². The van der Waals surface area contributed by atoms with Gasteiger partial charge >= 0.3 is 0 Å². The first-order valence-corrected chi connectivity index (χ1v) is 7.91. The first-order chi connectivity index (χ1) is 9.04. The van der Waals surface area contributed by atoms with Gasteiger partial charge in [-0.05, 0) is 24.1 Å². The number of halogens is 1. The Morgan fingerprint density at radius 3 is 2.74 bits per heavy atom. The fourth-order valence-electron chi connectivity index (χ4n) is 2.18. The van der Waals surface area contributed by atoms with Crippen LogP contribution in [-0.2, 0) is 16.0 Å². The van der Waals surface area contributed by atoms with Crippen LogP contribution in [0, 0.1) is 0 Å². The Morgan fingerprint density at radius 1 is 1.42 bits per heavy atom. The summed E-state index contributed by atoms with van der Waals surface area (Å²) in [6, 6.07) is 8.14. The van der Waals surface area contributed by atoms with Crippen molar-refractivity contribution in [1.29, 1.82) is 0 Å². The monoisotopic (exact) mass is 341 g/mol. The van der Waals surface area contributed by atoms with Crippen LogP contribution in [0.3, 0.4) is 0 Å². The van der Waals surface area contributed by atoms with Crippen LogP contribution in [0.1, 0.15) is 18.9 Å². The first kappa shape index (κ1) is 14.6. The molecule has 0 spiro atoms. The molecule has 1 fully saturated rings. The second-order valence-electron chi connectivity index (χ2n) is 4.65. The maximum Gasteiger partial charge on any atom is 0.223 e. The number of hydrogen-bond acceptors (Lipinski definition) is 3.